The molecular formula is C18H20N4O. The number of benzene rings is 2. The Morgan fingerprint density at radius 2 is 1.83 bits per heavy atom. The second-order valence-electron chi connectivity index (χ2n) is 5.52. The van der Waals surface area contributed by atoms with Gasteiger partial charge in [0.05, 0.1) is 18.5 Å². The third kappa shape index (κ3) is 2.83. The Balaban J connectivity index is 2.19. The topological polar surface area (TPSA) is 66.0 Å². The highest BCUT2D eigenvalue weighted by Crippen LogP contribution is 2.28. The molecule has 0 saturated heterocycles. The van der Waals surface area contributed by atoms with Gasteiger partial charge in [0, 0.05) is 12.1 Å². The van der Waals surface area contributed by atoms with Crippen LogP contribution in [0.15, 0.2) is 42.5 Å². The minimum Gasteiger partial charge on any atom is -0.497 e. The monoisotopic (exact) mass is 308 g/mol. The number of ether oxygens (including phenoxy) is 1. The Bertz CT molecular complexity index is 822. The maximum atomic E-state index is 5.86. The van der Waals surface area contributed by atoms with Crippen molar-refractivity contribution in [2.24, 2.45) is 5.73 Å². The molecule has 0 bridgehead atoms. The fourth-order valence-electron chi connectivity index (χ4n) is 2.60. The molecule has 0 atom stereocenters. The third-order valence-corrected chi connectivity index (χ3v) is 3.89. The maximum Gasteiger partial charge on any atom is 0.118 e. The molecule has 3 rings (SSSR count). The molecule has 5 heteroatoms. The van der Waals surface area contributed by atoms with Crippen LogP contribution >= 0.6 is 0 Å². The van der Waals surface area contributed by atoms with Crippen LogP contribution in [-0.4, -0.2) is 22.1 Å². The molecule has 1 aromatic heterocycles. The van der Waals surface area contributed by atoms with Gasteiger partial charge in [0.15, 0.2) is 0 Å². The van der Waals surface area contributed by atoms with Gasteiger partial charge in [-0.2, -0.15) is 0 Å². The molecule has 0 unspecified atom stereocenters. The molecule has 2 N–H and O–H groups in total. The summed E-state index contributed by atoms with van der Waals surface area (Å²) in [4.78, 5) is 0. The highest BCUT2D eigenvalue weighted by atomic mass is 16.5. The molecule has 0 amide bonds. The first-order valence-corrected chi connectivity index (χ1v) is 7.50. The summed E-state index contributed by atoms with van der Waals surface area (Å²) in [6.07, 6.45) is 0. The number of methoxy groups -OCH3 is 1. The lowest BCUT2D eigenvalue weighted by Gasteiger charge is -2.12. The summed E-state index contributed by atoms with van der Waals surface area (Å²) in [6.45, 7) is 4.47. The Morgan fingerprint density at radius 3 is 2.48 bits per heavy atom. The number of hydrogen-bond donors (Lipinski definition) is 1. The molecule has 0 fully saturated rings. The van der Waals surface area contributed by atoms with Crippen LogP contribution in [0.1, 0.15) is 16.8 Å². The first-order valence-electron chi connectivity index (χ1n) is 7.50. The van der Waals surface area contributed by atoms with Crippen molar-refractivity contribution >= 4 is 0 Å². The van der Waals surface area contributed by atoms with Crippen molar-refractivity contribution in [3.05, 3.63) is 59.3 Å². The van der Waals surface area contributed by atoms with Crippen molar-refractivity contribution in [3.8, 4) is 22.7 Å². The van der Waals surface area contributed by atoms with Crippen molar-refractivity contribution in [1.82, 2.24) is 15.0 Å². The number of hydrogen-bond acceptors (Lipinski definition) is 4. The Labute approximate surface area is 135 Å². The number of aryl methyl sites for hydroxylation is 2. The number of rotatable bonds is 4. The van der Waals surface area contributed by atoms with Gasteiger partial charge in [-0.15, -0.1) is 5.10 Å². The fourth-order valence-corrected chi connectivity index (χ4v) is 2.60. The predicted octanol–water partition coefficient (Wildman–Crippen LogP) is 3.02. The number of aromatic nitrogens is 3. The van der Waals surface area contributed by atoms with Crippen molar-refractivity contribution in [1.29, 1.82) is 0 Å². The summed E-state index contributed by atoms with van der Waals surface area (Å²) in [5.41, 5.74) is 11.9. The van der Waals surface area contributed by atoms with Gasteiger partial charge >= 0.3 is 0 Å². The fraction of sp³-hybridized carbons (Fsp3) is 0.222. The second-order valence-corrected chi connectivity index (χ2v) is 5.52. The average Bonchev–Trinajstić information content (AvgIpc) is 3.01. The molecule has 0 radical (unpaired) electrons. The molecule has 5 nitrogen and oxygen atoms in total. The van der Waals surface area contributed by atoms with E-state index in [1.165, 1.54) is 5.56 Å². The maximum absolute atomic E-state index is 5.86. The zero-order valence-corrected chi connectivity index (χ0v) is 13.6. The lowest BCUT2D eigenvalue weighted by molar-refractivity contribution is 0.415. The van der Waals surface area contributed by atoms with Crippen LogP contribution in [0.4, 0.5) is 0 Å². The van der Waals surface area contributed by atoms with E-state index in [9.17, 15) is 0 Å². The summed E-state index contributed by atoms with van der Waals surface area (Å²) in [5.74, 6) is 0.814. The van der Waals surface area contributed by atoms with Crippen LogP contribution in [0.2, 0.25) is 0 Å². The van der Waals surface area contributed by atoms with Crippen molar-refractivity contribution in [2.75, 3.05) is 7.11 Å². The Hall–Kier alpha value is -2.66. The van der Waals surface area contributed by atoms with Gasteiger partial charge in [-0.05, 0) is 55.3 Å². The van der Waals surface area contributed by atoms with Crippen molar-refractivity contribution < 1.29 is 4.74 Å². The molecule has 0 aliphatic rings. The zero-order chi connectivity index (χ0) is 16.4. The average molecular weight is 308 g/mol. The van der Waals surface area contributed by atoms with E-state index in [2.05, 4.69) is 42.4 Å². The van der Waals surface area contributed by atoms with Crippen LogP contribution in [0, 0.1) is 13.8 Å². The van der Waals surface area contributed by atoms with E-state index < -0.39 is 0 Å². The van der Waals surface area contributed by atoms with Gasteiger partial charge in [0.1, 0.15) is 11.4 Å². The molecule has 0 aliphatic carbocycles. The molecule has 0 aliphatic heterocycles. The van der Waals surface area contributed by atoms with Gasteiger partial charge in [0.25, 0.3) is 0 Å². The van der Waals surface area contributed by atoms with E-state index in [-0.39, 0.29) is 0 Å². The summed E-state index contributed by atoms with van der Waals surface area (Å²) < 4.78 is 7.10. The Kier molecular flexibility index (Phi) is 4.12. The van der Waals surface area contributed by atoms with Crippen molar-refractivity contribution in [3.63, 3.8) is 0 Å². The van der Waals surface area contributed by atoms with Crippen LogP contribution in [0.25, 0.3) is 16.9 Å². The van der Waals surface area contributed by atoms with Gasteiger partial charge in [-0.25, -0.2) is 4.68 Å². The molecule has 0 saturated carbocycles. The summed E-state index contributed by atoms with van der Waals surface area (Å²) in [6, 6.07) is 14.1. The van der Waals surface area contributed by atoms with Crippen molar-refractivity contribution in [2.45, 2.75) is 20.4 Å². The zero-order valence-electron chi connectivity index (χ0n) is 13.6. The minimum absolute atomic E-state index is 0.340. The molecule has 118 valence electrons. The standard InChI is InChI=1S/C18H20N4O/c1-12-4-5-13(2)17(10-12)22-18(16(11-19)20-21-22)14-6-8-15(23-3)9-7-14/h4-10H,11,19H2,1-3H3. The normalized spacial score (nSPS) is 10.8. The highest BCUT2D eigenvalue weighted by Gasteiger charge is 2.16. The second kappa shape index (κ2) is 6.22. The van der Waals surface area contributed by atoms with Gasteiger partial charge in [-0.1, -0.05) is 17.3 Å². The van der Waals surface area contributed by atoms with Crippen LogP contribution < -0.4 is 10.5 Å². The largest absolute Gasteiger partial charge is 0.497 e. The van der Waals surface area contributed by atoms with E-state index in [0.717, 1.165) is 34.0 Å². The Morgan fingerprint density at radius 1 is 1.09 bits per heavy atom. The highest BCUT2D eigenvalue weighted by molar-refractivity contribution is 5.65. The van der Waals surface area contributed by atoms with Crippen LogP contribution in [0.5, 0.6) is 5.75 Å². The van der Waals surface area contributed by atoms with E-state index >= 15 is 0 Å². The van der Waals surface area contributed by atoms with Crippen LogP contribution in [-0.2, 0) is 6.54 Å². The van der Waals surface area contributed by atoms with E-state index in [4.69, 9.17) is 10.5 Å². The molecule has 0 spiro atoms. The summed E-state index contributed by atoms with van der Waals surface area (Å²) >= 11 is 0. The van der Waals surface area contributed by atoms with E-state index in [0.29, 0.717) is 6.54 Å². The van der Waals surface area contributed by atoms with Gasteiger partial charge in [-0.3, -0.25) is 0 Å². The minimum atomic E-state index is 0.340. The molecule has 2 aromatic carbocycles. The summed E-state index contributed by atoms with van der Waals surface area (Å²) in [5, 5.41) is 8.59. The van der Waals surface area contributed by atoms with Gasteiger partial charge < -0.3 is 10.5 Å². The SMILES string of the molecule is COc1ccc(-c2c(CN)nnn2-c2cc(C)ccc2C)cc1. The number of nitrogens with two attached hydrogens (primary N) is 1. The predicted molar refractivity (Wildman–Crippen MR) is 90.7 cm³/mol. The van der Waals surface area contributed by atoms with Crippen LogP contribution in [0.3, 0.4) is 0 Å². The quantitative estimate of drug-likeness (QED) is 0.804. The lowest BCUT2D eigenvalue weighted by atomic mass is 10.1. The smallest absolute Gasteiger partial charge is 0.118 e. The van der Waals surface area contributed by atoms with E-state index in [1.807, 2.05) is 28.9 Å². The molecular weight excluding hydrogens is 288 g/mol. The van der Waals surface area contributed by atoms with Gasteiger partial charge in [0.2, 0.25) is 0 Å². The lowest BCUT2D eigenvalue weighted by Crippen LogP contribution is -2.04. The molecule has 23 heavy (non-hydrogen) atoms. The third-order valence-electron chi connectivity index (χ3n) is 3.89. The first kappa shape index (κ1) is 15.2. The first-order chi connectivity index (χ1) is 11.1. The summed E-state index contributed by atoms with van der Waals surface area (Å²) in [7, 11) is 1.65. The molecule has 1 heterocycles. The number of nitrogens with zero attached hydrogens (tertiary/aromatic N) is 3. The molecule has 3 aromatic rings. The van der Waals surface area contributed by atoms with E-state index in [1.54, 1.807) is 7.11 Å².